The normalized spacial score (nSPS) is 16.7. The van der Waals surface area contributed by atoms with Crippen LogP contribution in [-0.4, -0.2) is 40.6 Å². The Morgan fingerprint density at radius 1 is 1.41 bits per heavy atom. The topological polar surface area (TPSA) is 66.2 Å². The van der Waals surface area contributed by atoms with Gasteiger partial charge < -0.3 is 9.47 Å². The summed E-state index contributed by atoms with van der Waals surface area (Å²) in [6.45, 7) is 1.39. The fourth-order valence-corrected chi connectivity index (χ4v) is 3.53. The predicted octanol–water partition coefficient (Wildman–Crippen LogP) is 3.13. The lowest BCUT2D eigenvalue weighted by atomic mass is 10.0. The third-order valence-electron chi connectivity index (χ3n) is 4.86. The van der Waals surface area contributed by atoms with Crippen LogP contribution in [0.1, 0.15) is 34.5 Å². The first kappa shape index (κ1) is 17.6. The van der Waals surface area contributed by atoms with E-state index in [0.717, 1.165) is 30.4 Å². The van der Waals surface area contributed by atoms with E-state index in [9.17, 15) is 9.18 Å². The molecule has 3 aromatic rings. The van der Waals surface area contributed by atoms with Crippen LogP contribution in [0, 0.1) is 5.82 Å². The van der Waals surface area contributed by atoms with Crippen LogP contribution in [0.2, 0.25) is 0 Å². The number of ether oxygens (including phenoxy) is 2. The van der Waals surface area contributed by atoms with Gasteiger partial charge in [0.15, 0.2) is 0 Å². The molecule has 1 fully saturated rings. The number of methoxy groups -OCH3 is 1. The number of hydrogen-bond acceptors (Lipinski definition) is 5. The number of pyridine rings is 1. The van der Waals surface area contributed by atoms with Gasteiger partial charge in [0.2, 0.25) is 0 Å². The zero-order valence-electron chi connectivity index (χ0n) is 15.0. The summed E-state index contributed by atoms with van der Waals surface area (Å²) in [6, 6.07) is 6.27. The first-order valence-corrected chi connectivity index (χ1v) is 8.93. The van der Waals surface area contributed by atoms with Crippen LogP contribution in [0.25, 0.3) is 10.9 Å². The van der Waals surface area contributed by atoms with E-state index in [2.05, 4.69) is 4.98 Å². The molecule has 0 amide bonds. The minimum atomic E-state index is -0.429. The summed E-state index contributed by atoms with van der Waals surface area (Å²) in [5.41, 5.74) is 2.68. The molecule has 0 spiro atoms. The van der Waals surface area contributed by atoms with E-state index in [4.69, 9.17) is 14.6 Å². The molecular weight excluding hydrogens is 349 g/mol. The van der Waals surface area contributed by atoms with Gasteiger partial charge in [-0.25, -0.2) is 9.18 Å². The first-order chi connectivity index (χ1) is 13.2. The number of hydrogen-bond donors (Lipinski definition) is 0. The number of nitrogens with zero attached hydrogens (tertiary/aromatic N) is 3. The van der Waals surface area contributed by atoms with Gasteiger partial charge in [0, 0.05) is 30.8 Å². The Kier molecular flexibility index (Phi) is 4.85. The lowest BCUT2D eigenvalue weighted by molar-refractivity contribution is 0.0599. The maximum atomic E-state index is 13.9. The second-order valence-electron chi connectivity index (χ2n) is 6.63. The molecule has 4 rings (SSSR count). The molecule has 1 atom stereocenters. The molecule has 1 aliphatic heterocycles. The summed E-state index contributed by atoms with van der Waals surface area (Å²) in [4.78, 5) is 16.1. The number of esters is 1. The van der Waals surface area contributed by atoms with E-state index in [1.165, 1.54) is 19.2 Å². The van der Waals surface area contributed by atoms with E-state index >= 15 is 0 Å². The number of carbonyl (C=O) groups is 1. The Labute approximate surface area is 155 Å². The van der Waals surface area contributed by atoms with Crippen LogP contribution in [0.15, 0.2) is 36.7 Å². The highest BCUT2D eigenvalue weighted by Gasteiger charge is 2.21. The molecule has 0 N–H and O–H groups in total. The van der Waals surface area contributed by atoms with Crippen LogP contribution in [0.5, 0.6) is 0 Å². The van der Waals surface area contributed by atoms with E-state index in [-0.39, 0.29) is 11.9 Å². The fourth-order valence-electron chi connectivity index (χ4n) is 3.53. The maximum absolute atomic E-state index is 13.9. The van der Waals surface area contributed by atoms with Crippen molar-refractivity contribution >= 4 is 16.9 Å². The summed E-state index contributed by atoms with van der Waals surface area (Å²) in [5, 5.41) is 5.43. The molecule has 0 saturated carbocycles. The quantitative estimate of drug-likeness (QED) is 0.647. The van der Waals surface area contributed by atoms with Crippen molar-refractivity contribution in [1.29, 1.82) is 0 Å². The Morgan fingerprint density at radius 2 is 2.30 bits per heavy atom. The number of halogens is 1. The average Bonchev–Trinajstić information content (AvgIpc) is 3.30. The Bertz CT molecular complexity index is 980. The molecule has 0 aliphatic carbocycles. The highest BCUT2D eigenvalue weighted by atomic mass is 19.1. The molecule has 27 heavy (non-hydrogen) atoms. The van der Waals surface area contributed by atoms with Gasteiger partial charge in [-0.15, -0.1) is 0 Å². The van der Waals surface area contributed by atoms with Gasteiger partial charge in [0.1, 0.15) is 5.82 Å². The van der Waals surface area contributed by atoms with Crippen LogP contribution < -0.4 is 0 Å². The minimum absolute atomic E-state index is 0.120. The average molecular weight is 369 g/mol. The summed E-state index contributed by atoms with van der Waals surface area (Å²) >= 11 is 0. The van der Waals surface area contributed by atoms with E-state index in [1.807, 2.05) is 4.68 Å². The summed E-state index contributed by atoms with van der Waals surface area (Å²) < 4.78 is 26.3. The standard InChI is InChI=1S/C20H20FN3O3/c1-26-20(25)16-6-7-22-11-13(16)9-18-17-10-14(21)4-5-19(17)24(23-18)12-15-3-2-8-27-15/h4-7,10-11,15H,2-3,8-9,12H2,1H3. The zero-order valence-corrected chi connectivity index (χ0v) is 15.0. The predicted molar refractivity (Wildman–Crippen MR) is 97.0 cm³/mol. The van der Waals surface area contributed by atoms with Crippen molar-refractivity contribution in [2.45, 2.75) is 31.9 Å². The number of aromatic nitrogens is 3. The van der Waals surface area contributed by atoms with Crippen LogP contribution in [-0.2, 0) is 22.4 Å². The van der Waals surface area contributed by atoms with E-state index in [1.54, 1.807) is 24.5 Å². The van der Waals surface area contributed by atoms with E-state index < -0.39 is 5.97 Å². The Hall–Kier alpha value is -2.80. The van der Waals surface area contributed by atoms with Crippen LogP contribution in [0.3, 0.4) is 0 Å². The van der Waals surface area contributed by atoms with Gasteiger partial charge in [0.25, 0.3) is 0 Å². The Morgan fingerprint density at radius 3 is 3.07 bits per heavy atom. The molecule has 1 aliphatic rings. The van der Waals surface area contributed by atoms with Gasteiger partial charge in [-0.3, -0.25) is 9.67 Å². The van der Waals surface area contributed by atoms with Crippen molar-refractivity contribution in [1.82, 2.24) is 14.8 Å². The Balaban J connectivity index is 1.73. The number of carbonyl (C=O) groups excluding carboxylic acids is 1. The second kappa shape index (κ2) is 7.44. The molecule has 0 bridgehead atoms. The maximum Gasteiger partial charge on any atom is 0.338 e. The third kappa shape index (κ3) is 3.55. The molecule has 2 aromatic heterocycles. The van der Waals surface area contributed by atoms with Gasteiger partial charge in [0.05, 0.1) is 36.5 Å². The smallest absolute Gasteiger partial charge is 0.338 e. The highest BCUT2D eigenvalue weighted by molar-refractivity contribution is 5.91. The molecule has 140 valence electrons. The van der Waals surface area contributed by atoms with Gasteiger partial charge >= 0.3 is 5.97 Å². The largest absolute Gasteiger partial charge is 0.465 e. The molecule has 3 heterocycles. The van der Waals surface area contributed by atoms with Crippen molar-refractivity contribution < 1.29 is 18.7 Å². The molecule has 6 nitrogen and oxygen atoms in total. The zero-order chi connectivity index (χ0) is 18.8. The molecule has 1 saturated heterocycles. The highest BCUT2D eigenvalue weighted by Crippen LogP contribution is 2.25. The van der Waals surface area contributed by atoms with Crippen LogP contribution in [0.4, 0.5) is 4.39 Å². The van der Waals surface area contributed by atoms with Gasteiger partial charge in [-0.1, -0.05) is 0 Å². The van der Waals surface area contributed by atoms with Gasteiger partial charge in [-0.05, 0) is 42.7 Å². The monoisotopic (exact) mass is 369 g/mol. The minimum Gasteiger partial charge on any atom is -0.465 e. The summed E-state index contributed by atoms with van der Waals surface area (Å²) in [5.74, 6) is -0.749. The fraction of sp³-hybridized carbons (Fsp3) is 0.350. The number of rotatable bonds is 5. The molecule has 7 heteroatoms. The van der Waals surface area contributed by atoms with Crippen LogP contribution >= 0.6 is 0 Å². The number of benzene rings is 1. The molecule has 1 aromatic carbocycles. The summed E-state index contributed by atoms with van der Waals surface area (Å²) in [6.07, 6.45) is 5.68. The van der Waals surface area contributed by atoms with Crippen molar-refractivity contribution in [3.63, 3.8) is 0 Å². The first-order valence-electron chi connectivity index (χ1n) is 8.93. The van der Waals surface area contributed by atoms with Crippen molar-refractivity contribution in [2.75, 3.05) is 13.7 Å². The summed E-state index contributed by atoms with van der Waals surface area (Å²) in [7, 11) is 1.34. The SMILES string of the molecule is COC(=O)c1ccncc1Cc1nn(CC2CCCO2)c2ccc(F)cc12. The van der Waals surface area contributed by atoms with Crippen molar-refractivity contribution in [3.8, 4) is 0 Å². The molecule has 0 radical (unpaired) electrons. The molecular formula is C20H20FN3O3. The number of fused-ring (bicyclic) bond motifs is 1. The molecule has 1 unspecified atom stereocenters. The van der Waals surface area contributed by atoms with Gasteiger partial charge in [-0.2, -0.15) is 5.10 Å². The second-order valence-corrected chi connectivity index (χ2v) is 6.63. The van der Waals surface area contributed by atoms with E-state index in [0.29, 0.717) is 29.8 Å². The third-order valence-corrected chi connectivity index (χ3v) is 4.86. The lowest BCUT2D eigenvalue weighted by Gasteiger charge is -2.10. The van der Waals surface area contributed by atoms with Crippen molar-refractivity contribution in [3.05, 3.63) is 59.3 Å². The van der Waals surface area contributed by atoms with Crippen molar-refractivity contribution in [2.24, 2.45) is 0 Å². The lowest BCUT2D eigenvalue weighted by Crippen LogP contribution is -2.16.